The van der Waals surface area contributed by atoms with E-state index in [0.717, 1.165) is 10.9 Å². The Morgan fingerprint density at radius 1 is 1.03 bits per heavy atom. The molecule has 0 saturated carbocycles. The highest BCUT2D eigenvalue weighted by atomic mass is 16.5. The number of fused-ring (bicyclic) bond motifs is 1. The molecule has 0 unspecified atom stereocenters. The molecule has 188 valence electrons. The minimum absolute atomic E-state index is 0.0763. The van der Waals surface area contributed by atoms with Crippen LogP contribution in [0.15, 0.2) is 82.1 Å². The summed E-state index contributed by atoms with van der Waals surface area (Å²) in [4.78, 5) is 39.8. The van der Waals surface area contributed by atoms with E-state index in [4.69, 9.17) is 0 Å². The molecule has 3 amide bonds. The highest BCUT2D eigenvalue weighted by Crippen LogP contribution is 2.29. The van der Waals surface area contributed by atoms with Gasteiger partial charge in [0.2, 0.25) is 0 Å². The van der Waals surface area contributed by atoms with Crippen LogP contribution in [0, 0.1) is 11.3 Å². The van der Waals surface area contributed by atoms with Gasteiger partial charge in [-0.25, -0.2) is 9.59 Å². The summed E-state index contributed by atoms with van der Waals surface area (Å²) in [6, 6.07) is 22.8. The number of rotatable bonds is 6. The maximum absolute atomic E-state index is 13.3. The van der Waals surface area contributed by atoms with E-state index in [1.807, 2.05) is 42.5 Å². The van der Waals surface area contributed by atoms with Crippen LogP contribution < -0.4 is 21.7 Å². The molecule has 0 aliphatic carbocycles. The van der Waals surface area contributed by atoms with Crippen molar-refractivity contribution in [2.75, 3.05) is 10.6 Å². The Hall–Kier alpha value is -5.63. The number of aryl methyl sites for hydroxylation is 1. The molecule has 0 spiro atoms. The molecule has 0 bridgehead atoms. The summed E-state index contributed by atoms with van der Waals surface area (Å²) in [5.41, 5.74) is 3.44. The molecular formula is C27H21N7O4. The number of nitrogens with zero attached hydrogens (tertiary/aromatic N) is 3. The van der Waals surface area contributed by atoms with E-state index in [1.165, 1.54) is 12.1 Å². The van der Waals surface area contributed by atoms with Crippen molar-refractivity contribution >= 4 is 34.2 Å². The number of H-pyrrole nitrogens is 1. The molecule has 5 rings (SSSR count). The van der Waals surface area contributed by atoms with Crippen LogP contribution in [0.25, 0.3) is 22.3 Å². The highest BCUT2D eigenvalue weighted by Gasteiger charge is 2.19. The Balaban J connectivity index is 1.40. The first kappa shape index (κ1) is 24.1. The van der Waals surface area contributed by atoms with E-state index in [9.17, 15) is 19.6 Å². The minimum Gasteiger partial charge on any atom is -0.338 e. The summed E-state index contributed by atoms with van der Waals surface area (Å²) in [5.74, 6) is -1.13. The largest absolute Gasteiger partial charge is 0.439 e. The first-order valence-corrected chi connectivity index (χ1v) is 11.5. The SMILES string of the molecule is Cn1c(C(=O)Nc2ccc(C#N)cc2-c2noc(=O)[nH]2)cc2cccc(NC(=O)NCc3ccccc3)c21. The van der Waals surface area contributed by atoms with E-state index in [0.29, 0.717) is 40.3 Å². The molecule has 3 aromatic carbocycles. The predicted molar refractivity (Wildman–Crippen MR) is 140 cm³/mol. The molecule has 38 heavy (non-hydrogen) atoms. The molecule has 4 N–H and O–H groups in total. The van der Waals surface area contributed by atoms with E-state index >= 15 is 0 Å². The molecular weight excluding hydrogens is 486 g/mol. The molecule has 2 heterocycles. The molecule has 5 aromatic rings. The van der Waals surface area contributed by atoms with Crippen LogP contribution in [0.1, 0.15) is 21.6 Å². The lowest BCUT2D eigenvalue weighted by Gasteiger charge is -2.12. The number of benzene rings is 3. The summed E-state index contributed by atoms with van der Waals surface area (Å²) >= 11 is 0. The number of urea groups is 1. The normalized spacial score (nSPS) is 10.6. The first-order valence-electron chi connectivity index (χ1n) is 11.5. The quantitative estimate of drug-likeness (QED) is 0.272. The Bertz CT molecular complexity index is 1760. The standard InChI is InChI=1S/C27H21N7O4/c1-34-22(25(35)30-20-11-10-17(14-28)12-19(20)24-32-27(37)38-33-24)13-18-8-5-9-21(23(18)34)31-26(36)29-15-16-6-3-2-4-7-16/h2-13H,15H2,1H3,(H,30,35)(H2,29,31,36)(H,32,33,37). The van der Waals surface area contributed by atoms with Crippen molar-refractivity contribution in [2.24, 2.45) is 7.05 Å². The number of aromatic nitrogens is 3. The number of carbonyl (C=O) groups excluding carboxylic acids is 2. The molecule has 11 nitrogen and oxygen atoms in total. The summed E-state index contributed by atoms with van der Waals surface area (Å²) in [6.07, 6.45) is 0. The lowest BCUT2D eigenvalue weighted by Crippen LogP contribution is -2.28. The van der Waals surface area contributed by atoms with Crippen LogP contribution in [0.2, 0.25) is 0 Å². The molecule has 2 aromatic heterocycles. The summed E-state index contributed by atoms with van der Waals surface area (Å²) in [6.45, 7) is 0.368. The number of aromatic amines is 1. The first-order chi connectivity index (χ1) is 18.4. The topological polar surface area (TPSA) is 158 Å². The summed E-state index contributed by atoms with van der Waals surface area (Å²) in [7, 11) is 1.72. The van der Waals surface area contributed by atoms with Crippen LogP contribution in [0.3, 0.4) is 0 Å². The number of nitriles is 1. The third kappa shape index (κ3) is 4.87. The fourth-order valence-electron chi connectivity index (χ4n) is 4.13. The number of carbonyl (C=O) groups is 2. The third-order valence-electron chi connectivity index (χ3n) is 5.93. The zero-order valence-electron chi connectivity index (χ0n) is 20.1. The number of nitrogens with one attached hydrogen (secondary N) is 4. The minimum atomic E-state index is -0.763. The number of amides is 3. The predicted octanol–water partition coefficient (Wildman–Crippen LogP) is 3.97. The van der Waals surface area contributed by atoms with Crippen molar-refractivity contribution in [2.45, 2.75) is 6.54 Å². The number of hydrogen-bond donors (Lipinski definition) is 4. The summed E-state index contributed by atoms with van der Waals surface area (Å²) < 4.78 is 6.26. The van der Waals surface area contributed by atoms with E-state index in [2.05, 4.69) is 30.6 Å². The summed E-state index contributed by atoms with van der Waals surface area (Å²) in [5, 5.41) is 22.2. The fourth-order valence-corrected chi connectivity index (χ4v) is 4.13. The third-order valence-corrected chi connectivity index (χ3v) is 5.93. The van der Waals surface area contributed by atoms with Crippen molar-refractivity contribution < 1.29 is 14.1 Å². The van der Waals surface area contributed by atoms with Gasteiger partial charge in [0, 0.05) is 24.5 Å². The zero-order chi connectivity index (χ0) is 26.6. The van der Waals surface area contributed by atoms with Crippen molar-refractivity contribution in [1.82, 2.24) is 20.0 Å². The van der Waals surface area contributed by atoms with Crippen molar-refractivity contribution in [3.8, 4) is 17.5 Å². The number of hydrogen-bond acceptors (Lipinski definition) is 6. The van der Waals surface area contributed by atoms with Crippen LogP contribution in [0.5, 0.6) is 0 Å². The lowest BCUT2D eigenvalue weighted by molar-refractivity contribution is 0.101. The van der Waals surface area contributed by atoms with Gasteiger partial charge in [-0.15, -0.1) is 0 Å². The Morgan fingerprint density at radius 2 is 1.84 bits per heavy atom. The maximum atomic E-state index is 13.3. The van der Waals surface area contributed by atoms with Gasteiger partial charge < -0.3 is 20.5 Å². The highest BCUT2D eigenvalue weighted by molar-refractivity contribution is 6.10. The number of para-hydroxylation sites is 1. The molecule has 0 aliphatic rings. The Kier molecular flexibility index (Phi) is 6.44. The van der Waals surface area contributed by atoms with Gasteiger partial charge in [0.15, 0.2) is 5.82 Å². The van der Waals surface area contributed by atoms with Crippen molar-refractivity contribution in [1.29, 1.82) is 5.26 Å². The van der Waals surface area contributed by atoms with E-state index in [1.54, 1.807) is 35.9 Å². The molecule has 0 radical (unpaired) electrons. The second-order valence-corrected chi connectivity index (χ2v) is 8.40. The Morgan fingerprint density at radius 3 is 2.58 bits per heavy atom. The average Bonchev–Trinajstić information content (AvgIpc) is 3.52. The van der Waals surface area contributed by atoms with Crippen LogP contribution in [0.4, 0.5) is 16.2 Å². The molecule has 11 heteroatoms. The second-order valence-electron chi connectivity index (χ2n) is 8.40. The molecule has 0 atom stereocenters. The number of anilines is 2. The van der Waals surface area contributed by atoms with Crippen molar-refractivity contribution in [3.63, 3.8) is 0 Å². The van der Waals surface area contributed by atoms with Crippen molar-refractivity contribution in [3.05, 3.63) is 100 Å². The monoisotopic (exact) mass is 507 g/mol. The van der Waals surface area contributed by atoms with Gasteiger partial charge in [-0.05, 0) is 35.9 Å². The maximum Gasteiger partial charge on any atom is 0.439 e. The van der Waals surface area contributed by atoms with Crippen LogP contribution in [-0.4, -0.2) is 26.6 Å². The van der Waals surface area contributed by atoms with E-state index in [-0.39, 0.29) is 11.9 Å². The van der Waals surface area contributed by atoms with Gasteiger partial charge in [0.1, 0.15) is 5.69 Å². The van der Waals surface area contributed by atoms with Gasteiger partial charge in [-0.3, -0.25) is 14.3 Å². The van der Waals surface area contributed by atoms with Gasteiger partial charge in [0.05, 0.1) is 28.5 Å². The molecule has 0 aliphatic heterocycles. The van der Waals surface area contributed by atoms with Crippen LogP contribution >= 0.6 is 0 Å². The van der Waals surface area contributed by atoms with Gasteiger partial charge >= 0.3 is 11.8 Å². The average molecular weight is 508 g/mol. The Labute approximate surface area is 215 Å². The second kappa shape index (κ2) is 10.2. The van der Waals surface area contributed by atoms with Crippen LogP contribution in [-0.2, 0) is 13.6 Å². The van der Waals surface area contributed by atoms with Gasteiger partial charge in [0.25, 0.3) is 5.91 Å². The fraction of sp³-hybridized carbons (Fsp3) is 0.0741. The van der Waals surface area contributed by atoms with Gasteiger partial charge in [-0.2, -0.15) is 5.26 Å². The molecule has 0 fully saturated rings. The zero-order valence-corrected chi connectivity index (χ0v) is 20.1. The lowest BCUT2D eigenvalue weighted by atomic mass is 10.1. The smallest absolute Gasteiger partial charge is 0.338 e. The van der Waals surface area contributed by atoms with Gasteiger partial charge in [-0.1, -0.05) is 47.6 Å². The molecule has 0 saturated heterocycles. The van der Waals surface area contributed by atoms with E-state index < -0.39 is 11.7 Å².